The van der Waals surface area contributed by atoms with Crippen molar-refractivity contribution in [3.63, 3.8) is 0 Å². The maximum atomic E-state index is 12.5. The van der Waals surface area contributed by atoms with Crippen LogP contribution in [0.1, 0.15) is 47.8 Å². The highest BCUT2D eigenvalue weighted by Crippen LogP contribution is 2.28. The molecule has 1 aromatic heterocycles. The summed E-state index contributed by atoms with van der Waals surface area (Å²) in [6.07, 6.45) is 9.81. The summed E-state index contributed by atoms with van der Waals surface area (Å²) in [5, 5.41) is 0. The molecular formula is C22H25N3O. The van der Waals surface area contributed by atoms with E-state index in [-0.39, 0.29) is 11.7 Å². The van der Waals surface area contributed by atoms with Crippen molar-refractivity contribution in [1.29, 1.82) is 0 Å². The molecule has 4 heteroatoms. The summed E-state index contributed by atoms with van der Waals surface area (Å²) < 4.78 is 0. The number of anilines is 1. The molecule has 2 heterocycles. The molecule has 2 atom stereocenters. The van der Waals surface area contributed by atoms with Crippen molar-refractivity contribution in [1.82, 2.24) is 9.97 Å². The summed E-state index contributed by atoms with van der Waals surface area (Å²) in [5.74, 6) is 1.83. The summed E-state index contributed by atoms with van der Waals surface area (Å²) in [6.45, 7) is 4.29. The second-order valence-electron chi connectivity index (χ2n) is 7.59. The zero-order chi connectivity index (χ0) is 17.9. The van der Waals surface area contributed by atoms with Gasteiger partial charge in [0.25, 0.3) is 0 Å². The first-order valence-corrected chi connectivity index (χ1v) is 9.56. The number of Topliss-reactive ketones (excluding diaryl/α,β-unsaturated/α-hetero) is 1. The average Bonchev–Trinajstić information content (AvgIpc) is 2.67. The highest BCUT2D eigenvalue weighted by molar-refractivity contribution is 5.98. The smallest absolute Gasteiger partial charge is 0.225 e. The summed E-state index contributed by atoms with van der Waals surface area (Å²) in [5.41, 5.74) is 2.78. The van der Waals surface area contributed by atoms with Crippen LogP contribution in [0.25, 0.3) is 6.08 Å². The van der Waals surface area contributed by atoms with Crippen molar-refractivity contribution < 1.29 is 4.79 Å². The van der Waals surface area contributed by atoms with E-state index in [9.17, 15) is 4.79 Å². The summed E-state index contributed by atoms with van der Waals surface area (Å²) >= 11 is 0. The van der Waals surface area contributed by atoms with Gasteiger partial charge in [0.15, 0.2) is 5.78 Å². The first kappa shape index (κ1) is 17.0. The third-order valence-electron chi connectivity index (χ3n) is 5.36. The fraction of sp³-hybridized carbons (Fsp3) is 0.409. The van der Waals surface area contributed by atoms with Gasteiger partial charge in [0.1, 0.15) is 0 Å². The van der Waals surface area contributed by atoms with E-state index in [1.54, 1.807) is 6.20 Å². The maximum Gasteiger partial charge on any atom is 0.225 e. The minimum absolute atomic E-state index is 0.160. The molecule has 0 saturated carbocycles. The van der Waals surface area contributed by atoms with E-state index in [4.69, 9.17) is 4.98 Å². The highest BCUT2D eigenvalue weighted by Gasteiger charge is 2.27. The molecule has 1 aliphatic heterocycles. The normalized spacial score (nSPS) is 23.3. The Morgan fingerprint density at radius 2 is 2.04 bits per heavy atom. The Morgan fingerprint density at radius 3 is 2.85 bits per heavy atom. The minimum atomic E-state index is 0.160. The Hall–Kier alpha value is -2.49. The molecule has 134 valence electrons. The lowest BCUT2D eigenvalue weighted by Gasteiger charge is -2.31. The number of ketones is 1. The Labute approximate surface area is 155 Å². The van der Waals surface area contributed by atoms with E-state index in [1.807, 2.05) is 18.2 Å². The van der Waals surface area contributed by atoms with Gasteiger partial charge in [-0.15, -0.1) is 0 Å². The van der Waals surface area contributed by atoms with E-state index in [1.165, 1.54) is 12.8 Å². The molecule has 4 nitrogen and oxygen atoms in total. The fourth-order valence-electron chi connectivity index (χ4n) is 3.93. The molecule has 1 saturated heterocycles. The van der Waals surface area contributed by atoms with E-state index in [2.05, 4.69) is 41.1 Å². The summed E-state index contributed by atoms with van der Waals surface area (Å²) in [4.78, 5) is 24.1. The van der Waals surface area contributed by atoms with Gasteiger partial charge in [-0.3, -0.25) is 4.79 Å². The topological polar surface area (TPSA) is 46.1 Å². The van der Waals surface area contributed by atoms with Crippen LogP contribution in [-0.4, -0.2) is 28.8 Å². The molecule has 2 aromatic rings. The van der Waals surface area contributed by atoms with Gasteiger partial charge < -0.3 is 4.90 Å². The van der Waals surface area contributed by atoms with Gasteiger partial charge in [0, 0.05) is 25.7 Å². The van der Waals surface area contributed by atoms with Crippen molar-refractivity contribution in [2.45, 2.75) is 32.6 Å². The van der Waals surface area contributed by atoms with E-state index in [0.29, 0.717) is 17.9 Å². The third kappa shape index (κ3) is 3.69. The largest absolute Gasteiger partial charge is 0.341 e. The third-order valence-corrected chi connectivity index (χ3v) is 5.36. The number of aromatic nitrogens is 2. The van der Waals surface area contributed by atoms with Crippen LogP contribution in [-0.2, 0) is 6.42 Å². The van der Waals surface area contributed by atoms with Crippen molar-refractivity contribution >= 4 is 17.8 Å². The van der Waals surface area contributed by atoms with Crippen molar-refractivity contribution in [3.05, 3.63) is 59.4 Å². The molecule has 0 N–H and O–H groups in total. The minimum Gasteiger partial charge on any atom is -0.341 e. The zero-order valence-corrected chi connectivity index (χ0v) is 15.3. The lowest BCUT2D eigenvalue weighted by molar-refractivity contribution is 0.0957. The van der Waals surface area contributed by atoms with Gasteiger partial charge in [-0.05, 0) is 36.7 Å². The Balaban J connectivity index is 1.53. The number of hydrogen-bond donors (Lipinski definition) is 0. The second kappa shape index (κ2) is 7.40. The predicted octanol–water partition coefficient (Wildman–Crippen LogP) is 4.17. The standard InChI is InChI=1S/C22H25N3O/c1-16-6-5-11-25(15-16)22-23-14-19-20(24-22)12-18(13-21(19)26)10-9-17-7-3-2-4-8-17/h2-4,7-10,14,16,18H,5-6,11-13,15H2,1H3/b10-9+/t16-,18+/m1/s1. The van der Waals surface area contributed by atoms with Crippen LogP contribution in [0.5, 0.6) is 0 Å². The number of carbonyl (C=O) groups excluding carboxylic acids is 1. The maximum absolute atomic E-state index is 12.5. The monoisotopic (exact) mass is 347 g/mol. The number of allylic oxidation sites excluding steroid dienone is 1. The number of nitrogens with zero attached hydrogens (tertiary/aromatic N) is 3. The van der Waals surface area contributed by atoms with Gasteiger partial charge >= 0.3 is 0 Å². The van der Waals surface area contributed by atoms with Crippen LogP contribution in [0.4, 0.5) is 5.95 Å². The Kier molecular flexibility index (Phi) is 4.83. The Morgan fingerprint density at radius 1 is 1.19 bits per heavy atom. The number of fused-ring (bicyclic) bond motifs is 1. The van der Waals surface area contributed by atoms with Crippen LogP contribution in [0, 0.1) is 11.8 Å². The predicted molar refractivity (Wildman–Crippen MR) is 104 cm³/mol. The molecule has 1 aromatic carbocycles. The zero-order valence-electron chi connectivity index (χ0n) is 15.3. The van der Waals surface area contributed by atoms with Crippen LogP contribution in [0.2, 0.25) is 0 Å². The second-order valence-corrected chi connectivity index (χ2v) is 7.59. The van der Waals surface area contributed by atoms with E-state index < -0.39 is 0 Å². The molecule has 0 spiro atoms. The number of piperidine rings is 1. The number of hydrogen-bond acceptors (Lipinski definition) is 4. The first-order chi connectivity index (χ1) is 12.7. The van der Waals surface area contributed by atoms with Crippen LogP contribution in [0.15, 0.2) is 42.6 Å². The molecule has 1 aliphatic carbocycles. The van der Waals surface area contributed by atoms with Gasteiger partial charge in [0.05, 0.1) is 11.3 Å². The van der Waals surface area contributed by atoms with E-state index in [0.717, 1.165) is 36.7 Å². The van der Waals surface area contributed by atoms with Gasteiger partial charge in [0.2, 0.25) is 5.95 Å². The SMILES string of the molecule is C[C@@H]1CCCN(c2ncc3c(n2)C[C@H](/C=C/c2ccccc2)CC3=O)C1. The lowest BCUT2D eigenvalue weighted by atomic mass is 9.86. The lowest BCUT2D eigenvalue weighted by Crippen LogP contribution is -2.36. The highest BCUT2D eigenvalue weighted by atomic mass is 16.1. The molecule has 0 radical (unpaired) electrons. The van der Waals surface area contributed by atoms with Crippen LogP contribution < -0.4 is 4.90 Å². The fourth-order valence-corrected chi connectivity index (χ4v) is 3.93. The summed E-state index contributed by atoms with van der Waals surface area (Å²) in [7, 11) is 0. The number of rotatable bonds is 3. The molecule has 2 aliphatic rings. The quantitative estimate of drug-likeness (QED) is 0.836. The van der Waals surface area contributed by atoms with E-state index >= 15 is 0 Å². The van der Waals surface area contributed by atoms with Crippen LogP contribution >= 0.6 is 0 Å². The number of benzene rings is 1. The molecule has 0 amide bonds. The van der Waals surface area contributed by atoms with Gasteiger partial charge in [-0.2, -0.15) is 0 Å². The van der Waals surface area contributed by atoms with Crippen molar-refractivity contribution in [3.8, 4) is 0 Å². The number of carbonyl (C=O) groups is 1. The summed E-state index contributed by atoms with van der Waals surface area (Å²) in [6, 6.07) is 10.2. The van der Waals surface area contributed by atoms with Crippen LogP contribution in [0.3, 0.4) is 0 Å². The molecule has 1 fully saturated rings. The molecule has 0 unspecified atom stereocenters. The van der Waals surface area contributed by atoms with Crippen molar-refractivity contribution in [2.75, 3.05) is 18.0 Å². The first-order valence-electron chi connectivity index (χ1n) is 9.56. The van der Waals surface area contributed by atoms with Gasteiger partial charge in [-0.1, -0.05) is 49.4 Å². The Bertz CT molecular complexity index is 815. The molecule has 26 heavy (non-hydrogen) atoms. The molecule has 0 bridgehead atoms. The average molecular weight is 347 g/mol. The molecule has 4 rings (SSSR count). The van der Waals surface area contributed by atoms with Gasteiger partial charge in [-0.25, -0.2) is 9.97 Å². The molecular weight excluding hydrogens is 322 g/mol. The van der Waals surface area contributed by atoms with Crippen molar-refractivity contribution in [2.24, 2.45) is 11.8 Å².